The number of nitrogens with zero attached hydrogens (tertiary/aromatic N) is 1. The third-order valence-corrected chi connectivity index (χ3v) is 8.34. The summed E-state index contributed by atoms with van der Waals surface area (Å²) in [5.74, 6) is -1.19. The normalized spacial score (nSPS) is 12.0. The SMILES string of the molecule is CN(CCOCCOCCOCCOCCOCCOCCOCCOCCOC(=O)CCCCC(=O)O)C(=O)OCC1c2ccccc2-c2ccccc21. The maximum absolute atomic E-state index is 12.6. The van der Waals surface area contributed by atoms with Crippen LogP contribution in [0, 0.1) is 0 Å². The first-order valence-electron chi connectivity index (χ1n) is 19.0. The quantitative estimate of drug-likeness (QED) is 0.0794. The van der Waals surface area contributed by atoms with Gasteiger partial charge in [-0.05, 0) is 35.1 Å². The van der Waals surface area contributed by atoms with Gasteiger partial charge in [0.05, 0.1) is 106 Å². The molecule has 0 saturated carbocycles. The van der Waals surface area contributed by atoms with Crippen LogP contribution in [0.5, 0.6) is 0 Å². The second-order valence-corrected chi connectivity index (χ2v) is 12.4. The molecule has 15 nitrogen and oxygen atoms in total. The fraction of sp³-hybridized carbons (Fsp3) is 0.625. The van der Waals surface area contributed by atoms with Crippen molar-refractivity contribution >= 4 is 18.0 Å². The number of fused-ring (bicyclic) bond motifs is 3. The van der Waals surface area contributed by atoms with Gasteiger partial charge in [0.25, 0.3) is 0 Å². The number of carbonyl (C=O) groups excluding carboxylic acids is 2. The van der Waals surface area contributed by atoms with Crippen molar-refractivity contribution < 1.29 is 66.9 Å². The Kier molecular flexibility index (Phi) is 24.6. The Morgan fingerprint density at radius 3 is 1.35 bits per heavy atom. The van der Waals surface area contributed by atoms with Crippen LogP contribution in [0.15, 0.2) is 48.5 Å². The molecule has 2 aromatic carbocycles. The summed E-state index contributed by atoms with van der Waals surface area (Å²) < 4.78 is 54.5. The number of unbranched alkanes of at least 4 members (excludes halogenated alkanes) is 1. The molecule has 0 aliphatic heterocycles. The standard InChI is InChI=1S/C40H59NO14/c1-41(40(45)55-32-37-35-10-4-2-8-33(35)34-9-3-5-11-36(34)37)14-15-46-16-17-47-18-19-48-20-21-49-22-23-50-24-25-51-26-27-52-28-29-53-30-31-54-39(44)13-7-6-12-38(42)43/h2-5,8-11,37H,6-7,12-32H2,1H3,(H,42,43). The number of aliphatic carboxylic acids is 1. The number of carbonyl (C=O) groups is 3. The van der Waals surface area contributed by atoms with E-state index in [2.05, 4.69) is 24.3 Å². The summed E-state index contributed by atoms with van der Waals surface area (Å²) in [6, 6.07) is 16.5. The molecule has 1 aliphatic carbocycles. The number of carboxylic acids is 1. The van der Waals surface area contributed by atoms with Gasteiger partial charge in [0.2, 0.25) is 0 Å². The summed E-state index contributed by atoms with van der Waals surface area (Å²) >= 11 is 0. The lowest BCUT2D eigenvalue weighted by Gasteiger charge is -2.19. The monoisotopic (exact) mass is 777 g/mol. The van der Waals surface area contributed by atoms with Crippen molar-refractivity contribution in [1.29, 1.82) is 0 Å². The summed E-state index contributed by atoms with van der Waals surface area (Å²) in [6.07, 6.45) is 0.843. The van der Waals surface area contributed by atoms with Gasteiger partial charge < -0.3 is 57.4 Å². The van der Waals surface area contributed by atoms with Crippen LogP contribution in [0.25, 0.3) is 11.1 Å². The van der Waals surface area contributed by atoms with E-state index < -0.39 is 5.97 Å². The van der Waals surface area contributed by atoms with E-state index in [4.69, 9.17) is 52.5 Å². The first-order valence-corrected chi connectivity index (χ1v) is 19.0. The van der Waals surface area contributed by atoms with Crippen LogP contribution >= 0.6 is 0 Å². The lowest BCUT2D eigenvalue weighted by Crippen LogP contribution is -2.32. The van der Waals surface area contributed by atoms with Crippen LogP contribution in [-0.4, -0.2) is 161 Å². The van der Waals surface area contributed by atoms with Crippen LogP contribution in [0.3, 0.4) is 0 Å². The van der Waals surface area contributed by atoms with Crippen LogP contribution in [0.1, 0.15) is 42.7 Å². The molecule has 1 amide bonds. The number of carboxylic acid groups (broad SMARTS) is 1. The van der Waals surface area contributed by atoms with Crippen molar-refractivity contribution in [2.75, 3.05) is 133 Å². The molecule has 0 unspecified atom stereocenters. The lowest BCUT2D eigenvalue weighted by atomic mass is 9.98. The molecule has 0 fully saturated rings. The maximum Gasteiger partial charge on any atom is 0.409 e. The van der Waals surface area contributed by atoms with Crippen molar-refractivity contribution in [3.63, 3.8) is 0 Å². The number of esters is 1. The molecule has 2 aromatic rings. The molecule has 0 bridgehead atoms. The second kappa shape index (κ2) is 29.6. The fourth-order valence-electron chi connectivity index (χ4n) is 5.47. The number of ether oxygens (including phenoxy) is 10. The van der Waals surface area contributed by atoms with E-state index in [0.29, 0.717) is 118 Å². The van der Waals surface area contributed by atoms with Gasteiger partial charge in [0.15, 0.2) is 0 Å². The van der Waals surface area contributed by atoms with Crippen molar-refractivity contribution in [1.82, 2.24) is 4.90 Å². The number of benzene rings is 2. The summed E-state index contributed by atoms with van der Waals surface area (Å²) in [4.78, 5) is 36.1. The van der Waals surface area contributed by atoms with Gasteiger partial charge in [0.1, 0.15) is 13.2 Å². The van der Waals surface area contributed by atoms with Gasteiger partial charge in [-0.3, -0.25) is 9.59 Å². The van der Waals surface area contributed by atoms with E-state index in [9.17, 15) is 14.4 Å². The maximum atomic E-state index is 12.6. The highest BCUT2D eigenvalue weighted by molar-refractivity contribution is 5.79. The molecule has 308 valence electrons. The minimum Gasteiger partial charge on any atom is -0.481 e. The molecule has 0 heterocycles. The summed E-state index contributed by atoms with van der Waals surface area (Å²) in [5.41, 5.74) is 4.77. The third-order valence-electron chi connectivity index (χ3n) is 8.34. The average molecular weight is 778 g/mol. The number of hydrogen-bond acceptors (Lipinski definition) is 13. The molecule has 1 aliphatic rings. The Bertz CT molecular complexity index is 1300. The predicted octanol–water partition coefficient (Wildman–Crippen LogP) is 4.19. The zero-order valence-electron chi connectivity index (χ0n) is 32.2. The highest BCUT2D eigenvalue weighted by Gasteiger charge is 2.29. The van der Waals surface area contributed by atoms with Gasteiger partial charge >= 0.3 is 18.0 Å². The molecular formula is C40H59NO14. The van der Waals surface area contributed by atoms with Crippen LogP contribution in [0.2, 0.25) is 0 Å². The molecule has 55 heavy (non-hydrogen) atoms. The van der Waals surface area contributed by atoms with Crippen molar-refractivity contribution in [3.8, 4) is 11.1 Å². The molecular weight excluding hydrogens is 718 g/mol. The minimum absolute atomic E-state index is 0.0305. The first kappa shape index (κ1) is 45.7. The van der Waals surface area contributed by atoms with Crippen LogP contribution < -0.4 is 0 Å². The number of rotatable bonds is 34. The fourth-order valence-corrected chi connectivity index (χ4v) is 5.47. The topological polar surface area (TPSA) is 167 Å². The molecule has 3 rings (SSSR count). The van der Waals surface area contributed by atoms with E-state index in [1.165, 1.54) is 27.2 Å². The largest absolute Gasteiger partial charge is 0.481 e. The number of hydrogen-bond donors (Lipinski definition) is 1. The van der Waals surface area contributed by atoms with Crippen LogP contribution in [-0.2, 0) is 57.0 Å². The van der Waals surface area contributed by atoms with E-state index in [1.807, 2.05) is 24.3 Å². The Labute approximate surface area is 324 Å². The Balaban J connectivity index is 0.981. The average Bonchev–Trinajstić information content (AvgIpc) is 3.51. The molecule has 15 heteroatoms. The smallest absolute Gasteiger partial charge is 0.409 e. The third kappa shape index (κ3) is 20.2. The van der Waals surface area contributed by atoms with Gasteiger partial charge in [-0.2, -0.15) is 0 Å². The van der Waals surface area contributed by atoms with Crippen molar-refractivity contribution in [3.05, 3.63) is 59.7 Å². The summed E-state index contributed by atoms with van der Waals surface area (Å²) in [7, 11) is 1.71. The molecule has 0 radical (unpaired) electrons. The minimum atomic E-state index is -0.866. The van der Waals surface area contributed by atoms with Crippen LogP contribution in [0.4, 0.5) is 4.79 Å². The van der Waals surface area contributed by atoms with E-state index in [-0.39, 0.29) is 50.6 Å². The highest BCUT2D eigenvalue weighted by Crippen LogP contribution is 2.44. The van der Waals surface area contributed by atoms with E-state index >= 15 is 0 Å². The predicted molar refractivity (Wildman–Crippen MR) is 201 cm³/mol. The van der Waals surface area contributed by atoms with Gasteiger partial charge in [0, 0.05) is 32.4 Å². The Morgan fingerprint density at radius 1 is 0.527 bits per heavy atom. The van der Waals surface area contributed by atoms with Gasteiger partial charge in [-0.25, -0.2) is 4.79 Å². The van der Waals surface area contributed by atoms with Gasteiger partial charge in [-0.1, -0.05) is 48.5 Å². The first-order chi connectivity index (χ1) is 27.0. The van der Waals surface area contributed by atoms with Gasteiger partial charge in [-0.15, -0.1) is 0 Å². The van der Waals surface area contributed by atoms with Crippen molar-refractivity contribution in [2.45, 2.75) is 31.6 Å². The zero-order chi connectivity index (χ0) is 39.2. The van der Waals surface area contributed by atoms with Crippen molar-refractivity contribution in [2.24, 2.45) is 0 Å². The number of likely N-dealkylation sites (N-methyl/N-ethyl adjacent to an activating group) is 1. The van der Waals surface area contributed by atoms with E-state index in [0.717, 1.165) is 0 Å². The van der Waals surface area contributed by atoms with E-state index in [1.54, 1.807) is 7.05 Å². The second-order valence-electron chi connectivity index (χ2n) is 12.4. The lowest BCUT2D eigenvalue weighted by molar-refractivity contribution is -0.146. The molecule has 1 N–H and O–H groups in total. The molecule has 0 spiro atoms. The summed E-state index contributed by atoms with van der Waals surface area (Å²) in [5, 5.41) is 8.56. The Hall–Kier alpha value is -3.67. The molecule has 0 aromatic heterocycles. The molecule has 0 atom stereocenters. The molecule has 0 saturated heterocycles. The highest BCUT2D eigenvalue weighted by atomic mass is 16.6. The summed E-state index contributed by atoms with van der Waals surface area (Å²) in [6.45, 7) is 7.68. The zero-order valence-corrected chi connectivity index (χ0v) is 32.2. The number of amides is 1. The Morgan fingerprint density at radius 2 is 0.909 bits per heavy atom.